The van der Waals surface area contributed by atoms with Gasteiger partial charge in [0.25, 0.3) is 11.3 Å². The minimum atomic E-state index is -0.218. The van der Waals surface area contributed by atoms with Crippen molar-refractivity contribution in [3.8, 4) is 0 Å². The molecule has 0 saturated carbocycles. The molecule has 0 spiro atoms. The molecule has 7 nitrogen and oxygen atoms in total. The Kier molecular flexibility index (Phi) is 3.92. The quantitative estimate of drug-likeness (QED) is 0.765. The van der Waals surface area contributed by atoms with Crippen molar-refractivity contribution >= 4 is 17.6 Å². The number of aryl methyl sites for hydroxylation is 2. The van der Waals surface area contributed by atoms with Gasteiger partial charge in [-0.25, -0.2) is 4.98 Å². The molecule has 0 saturated heterocycles. The molecule has 1 aromatic carbocycles. The zero-order chi connectivity index (χ0) is 16.4. The highest BCUT2D eigenvalue weighted by Crippen LogP contribution is 2.06. The van der Waals surface area contributed by atoms with Gasteiger partial charge in [-0.3, -0.25) is 20.0 Å². The molecule has 23 heavy (non-hydrogen) atoms. The van der Waals surface area contributed by atoms with Crippen molar-refractivity contribution in [1.29, 1.82) is 0 Å². The molecule has 0 atom stereocenters. The highest BCUT2D eigenvalue weighted by atomic mass is 16.2. The van der Waals surface area contributed by atoms with Crippen LogP contribution in [0.4, 0.5) is 5.95 Å². The smallest absolute Gasteiger partial charge is 0.277 e. The van der Waals surface area contributed by atoms with Crippen LogP contribution in [0, 0.1) is 13.8 Å². The second-order valence-corrected chi connectivity index (χ2v) is 5.37. The number of benzene rings is 1. The summed E-state index contributed by atoms with van der Waals surface area (Å²) < 4.78 is 1.23. The minimum Gasteiger partial charge on any atom is -0.295 e. The molecule has 3 rings (SSSR count). The van der Waals surface area contributed by atoms with Gasteiger partial charge in [0.05, 0.1) is 0 Å². The van der Waals surface area contributed by atoms with Gasteiger partial charge in [-0.15, -0.1) is 0 Å². The number of aromatic nitrogens is 4. The van der Waals surface area contributed by atoms with Crippen LogP contribution in [-0.4, -0.2) is 25.5 Å². The first-order valence-corrected chi connectivity index (χ1v) is 7.34. The number of fused-ring (bicyclic) bond motifs is 1. The second-order valence-electron chi connectivity index (χ2n) is 5.37. The molecule has 118 valence electrons. The first-order valence-electron chi connectivity index (χ1n) is 7.34. The number of H-pyrrole nitrogens is 1. The predicted octanol–water partition coefficient (Wildman–Crippen LogP) is 1.61. The van der Waals surface area contributed by atoms with Crippen molar-refractivity contribution in [2.75, 3.05) is 5.32 Å². The molecule has 2 N–H and O–H groups in total. The first kappa shape index (κ1) is 15.0. The van der Waals surface area contributed by atoms with Crippen molar-refractivity contribution in [2.24, 2.45) is 0 Å². The van der Waals surface area contributed by atoms with Gasteiger partial charge in [-0.1, -0.05) is 30.3 Å². The third-order valence-corrected chi connectivity index (χ3v) is 3.71. The van der Waals surface area contributed by atoms with E-state index in [1.54, 1.807) is 13.8 Å². The summed E-state index contributed by atoms with van der Waals surface area (Å²) in [6.07, 6.45) is 0.977. The molecule has 0 aliphatic carbocycles. The van der Waals surface area contributed by atoms with E-state index in [-0.39, 0.29) is 23.2 Å². The fourth-order valence-electron chi connectivity index (χ4n) is 2.26. The van der Waals surface area contributed by atoms with Crippen molar-refractivity contribution in [3.63, 3.8) is 0 Å². The van der Waals surface area contributed by atoms with Crippen LogP contribution in [0.25, 0.3) is 5.78 Å². The summed E-state index contributed by atoms with van der Waals surface area (Å²) in [5, 5.41) is 5.42. The largest absolute Gasteiger partial charge is 0.295 e. The van der Waals surface area contributed by atoms with Crippen LogP contribution >= 0.6 is 0 Å². The number of nitrogens with zero attached hydrogens (tertiary/aromatic N) is 3. The Hall–Kier alpha value is -2.96. The lowest BCUT2D eigenvalue weighted by atomic mass is 10.1. The van der Waals surface area contributed by atoms with Crippen LogP contribution in [-0.2, 0) is 11.2 Å². The third kappa shape index (κ3) is 3.13. The van der Waals surface area contributed by atoms with Gasteiger partial charge in [0.2, 0.25) is 11.9 Å². The average Bonchev–Trinajstić information content (AvgIpc) is 2.94. The Morgan fingerprint density at radius 3 is 2.70 bits per heavy atom. The molecule has 0 unspecified atom stereocenters. The lowest BCUT2D eigenvalue weighted by molar-refractivity contribution is -0.116. The summed E-state index contributed by atoms with van der Waals surface area (Å²) in [4.78, 5) is 32.5. The maximum absolute atomic E-state index is 12.1. The van der Waals surface area contributed by atoms with Gasteiger partial charge >= 0.3 is 0 Å². The molecule has 0 radical (unpaired) electrons. The molecule has 0 aliphatic rings. The molecule has 7 heteroatoms. The Labute approximate surface area is 132 Å². The third-order valence-electron chi connectivity index (χ3n) is 3.71. The van der Waals surface area contributed by atoms with Gasteiger partial charge in [0.15, 0.2) is 0 Å². The number of carbonyl (C=O) groups excluding carboxylic acids is 1. The predicted molar refractivity (Wildman–Crippen MR) is 86.5 cm³/mol. The van der Waals surface area contributed by atoms with E-state index in [9.17, 15) is 9.59 Å². The van der Waals surface area contributed by atoms with E-state index in [1.807, 2.05) is 30.3 Å². The van der Waals surface area contributed by atoms with E-state index in [0.717, 1.165) is 5.56 Å². The molecular formula is C16H17N5O2. The lowest BCUT2D eigenvalue weighted by Crippen LogP contribution is -2.19. The van der Waals surface area contributed by atoms with Gasteiger partial charge in [0, 0.05) is 17.7 Å². The Bertz CT molecular complexity index is 911. The summed E-state index contributed by atoms with van der Waals surface area (Å²) in [6, 6.07) is 9.77. The van der Waals surface area contributed by atoms with Crippen LogP contribution in [0.5, 0.6) is 0 Å². The number of nitrogens with one attached hydrogen (secondary N) is 2. The van der Waals surface area contributed by atoms with Crippen LogP contribution < -0.4 is 10.9 Å². The molecular weight excluding hydrogens is 294 g/mol. The van der Waals surface area contributed by atoms with Crippen LogP contribution in [0.15, 0.2) is 35.1 Å². The number of hydrogen-bond donors (Lipinski definition) is 2. The minimum absolute atomic E-state index is 0.172. The number of carbonyl (C=O) groups is 1. The normalized spacial score (nSPS) is 10.9. The monoisotopic (exact) mass is 311 g/mol. The Morgan fingerprint density at radius 1 is 1.22 bits per heavy atom. The van der Waals surface area contributed by atoms with Gasteiger partial charge in [-0.05, 0) is 25.8 Å². The maximum Gasteiger partial charge on any atom is 0.277 e. The highest BCUT2D eigenvalue weighted by molar-refractivity contribution is 5.89. The number of anilines is 1. The average molecular weight is 311 g/mol. The highest BCUT2D eigenvalue weighted by Gasteiger charge is 2.11. The molecule has 2 aromatic heterocycles. The SMILES string of the molecule is Cc1nc2nc(NC(=O)CCc3ccccc3)[nH]n2c(=O)c1C. The molecule has 0 aliphatic heterocycles. The molecule has 0 bridgehead atoms. The molecule has 2 heterocycles. The van der Waals surface area contributed by atoms with Gasteiger partial charge in [0.1, 0.15) is 0 Å². The summed E-state index contributed by atoms with van der Waals surface area (Å²) in [5.74, 6) is 0.295. The lowest BCUT2D eigenvalue weighted by Gasteiger charge is -2.01. The van der Waals surface area contributed by atoms with E-state index >= 15 is 0 Å². The van der Waals surface area contributed by atoms with Gasteiger partial charge in [-0.2, -0.15) is 9.50 Å². The number of aromatic amines is 1. The zero-order valence-electron chi connectivity index (χ0n) is 13.0. The summed E-state index contributed by atoms with van der Waals surface area (Å²) >= 11 is 0. The van der Waals surface area contributed by atoms with E-state index in [1.165, 1.54) is 4.52 Å². The fraction of sp³-hybridized carbons (Fsp3) is 0.250. The topological polar surface area (TPSA) is 92.2 Å². The molecule has 0 fully saturated rings. The number of hydrogen-bond acceptors (Lipinski definition) is 4. The van der Waals surface area contributed by atoms with Crippen molar-refractivity contribution in [2.45, 2.75) is 26.7 Å². The van der Waals surface area contributed by atoms with Crippen molar-refractivity contribution in [3.05, 3.63) is 57.5 Å². The van der Waals surface area contributed by atoms with Crippen molar-refractivity contribution < 1.29 is 4.79 Å². The van der Waals surface area contributed by atoms with Crippen LogP contribution in [0.1, 0.15) is 23.2 Å². The van der Waals surface area contributed by atoms with E-state index < -0.39 is 0 Å². The standard InChI is InChI=1S/C16H17N5O2/c1-10-11(2)17-16-19-15(20-21(16)14(10)23)18-13(22)9-8-12-6-4-3-5-7-12/h3-7H,8-9H2,1-2H3,(H2,17,18,19,20,22). The zero-order valence-corrected chi connectivity index (χ0v) is 13.0. The summed E-state index contributed by atoms with van der Waals surface area (Å²) in [6.45, 7) is 3.46. The van der Waals surface area contributed by atoms with Crippen LogP contribution in [0.2, 0.25) is 0 Å². The van der Waals surface area contributed by atoms with E-state index in [0.29, 0.717) is 24.1 Å². The first-order chi connectivity index (χ1) is 11.0. The van der Waals surface area contributed by atoms with E-state index in [4.69, 9.17) is 0 Å². The number of rotatable bonds is 4. The molecule has 3 aromatic rings. The van der Waals surface area contributed by atoms with Crippen molar-refractivity contribution in [1.82, 2.24) is 19.6 Å². The van der Waals surface area contributed by atoms with Gasteiger partial charge < -0.3 is 0 Å². The maximum atomic E-state index is 12.1. The summed E-state index contributed by atoms with van der Waals surface area (Å²) in [7, 11) is 0. The fourth-order valence-corrected chi connectivity index (χ4v) is 2.26. The Balaban J connectivity index is 1.73. The Morgan fingerprint density at radius 2 is 1.96 bits per heavy atom. The van der Waals surface area contributed by atoms with Crippen LogP contribution in [0.3, 0.4) is 0 Å². The van der Waals surface area contributed by atoms with E-state index in [2.05, 4.69) is 20.4 Å². The second kappa shape index (κ2) is 6.04. The molecule has 1 amide bonds. The number of amides is 1. The summed E-state index contributed by atoms with van der Waals surface area (Å²) in [5.41, 5.74) is 2.05.